The second-order valence-electron chi connectivity index (χ2n) is 7.97. The van der Waals surface area contributed by atoms with Gasteiger partial charge in [0.15, 0.2) is 5.96 Å². The monoisotopic (exact) mass is 565 g/mol. The standard InChI is InChI=1S/C21H35N5O3S.HI/c1-4-22-21(23-17-18-9-11-26(12-10-18)30(3,27)28)25-15-13-24(14-16-25)19-5-7-20(29-2)8-6-19;/h5-8,18H,4,9-17H2,1-3H3,(H,22,23);1H. The molecule has 31 heavy (non-hydrogen) atoms. The highest BCUT2D eigenvalue weighted by Gasteiger charge is 2.25. The largest absolute Gasteiger partial charge is 0.497 e. The fourth-order valence-corrected chi connectivity index (χ4v) is 4.91. The van der Waals surface area contributed by atoms with Crippen LogP contribution in [0.2, 0.25) is 0 Å². The summed E-state index contributed by atoms with van der Waals surface area (Å²) < 4.78 is 30.2. The van der Waals surface area contributed by atoms with Crippen molar-refractivity contribution in [1.29, 1.82) is 0 Å². The lowest BCUT2D eigenvalue weighted by Crippen LogP contribution is -2.52. The van der Waals surface area contributed by atoms with Crippen molar-refractivity contribution in [3.8, 4) is 5.75 Å². The number of benzene rings is 1. The van der Waals surface area contributed by atoms with Crippen LogP contribution in [0, 0.1) is 5.92 Å². The van der Waals surface area contributed by atoms with E-state index in [9.17, 15) is 8.42 Å². The van der Waals surface area contributed by atoms with Gasteiger partial charge in [0.05, 0.1) is 13.4 Å². The molecule has 2 aliphatic heterocycles. The second-order valence-corrected chi connectivity index (χ2v) is 9.95. The quantitative estimate of drug-likeness (QED) is 0.324. The zero-order valence-electron chi connectivity index (χ0n) is 18.8. The van der Waals surface area contributed by atoms with E-state index in [1.807, 2.05) is 12.1 Å². The van der Waals surface area contributed by atoms with Crippen molar-refractivity contribution < 1.29 is 13.2 Å². The average molecular weight is 566 g/mol. The zero-order valence-corrected chi connectivity index (χ0v) is 21.9. The van der Waals surface area contributed by atoms with Crippen LogP contribution in [0.4, 0.5) is 5.69 Å². The summed E-state index contributed by atoms with van der Waals surface area (Å²) in [4.78, 5) is 9.61. The van der Waals surface area contributed by atoms with Gasteiger partial charge in [0.25, 0.3) is 0 Å². The Bertz CT molecular complexity index is 803. The smallest absolute Gasteiger partial charge is 0.211 e. The fourth-order valence-electron chi connectivity index (χ4n) is 4.03. The molecule has 10 heteroatoms. The summed E-state index contributed by atoms with van der Waals surface area (Å²) >= 11 is 0. The number of sulfonamides is 1. The third-order valence-corrected chi connectivity index (χ3v) is 7.20. The van der Waals surface area contributed by atoms with Gasteiger partial charge in [-0.05, 0) is 49.9 Å². The molecule has 0 aromatic heterocycles. The number of hydrogen-bond donors (Lipinski definition) is 1. The average Bonchev–Trinajstić information content (AvgIpc) is 2.76. The molecule has 3 rings (SSSR count). The van der Waals surface area contributed by atoms with E-state index in [1.165, 1.54) is 11.9 Å². The molecule has 0 radical (unpaired) electrons. The van der Waals surface area contributed by atoms with Crippen molar-refractivity contribution in [3.63, 3.8) is 0 Å². The maximum Gasteiger partial charge on any atom is 0.211 e. The molecule has 2 heterocycles. The molecule has 0 amide bonds. The van der Waals surface area contributed by atoms with Crippen molar-refractivity contribution >= 4 is 45.6 Å². The van der Waals surface area contributed by atoms with E-state index in [0.717, 1.165) is 63.8 Å². The van der Waals surface area contributed by atoms with Crippen LogP contribution in [0.1, 0.15) is 19.8 Å². The van der Waals surface area contributed by atoms with Crippen molar-refractivity contribution in [2.45, 2.75) is 19.8 Å². The summed E-state index contributed by atoms with van der Waals surface area (Å²) in [6.07, 6.45) is 3.04. The highest BCUT2D eigenvalue weighted by Crippen LogP contribution is 2.21. The van der Waals surface area contributed by atoms with Crippen LogP contribution in [0.3, 0.4) is 0 Å². The predicted molar refractivity (Wildman–Crippen MR) is 137 cm³/mol. The number of methoxy groups -OCH3 is 1. The third-order valence-electron chi connectivity index (χ3n) is 5.89. The summed E-state index contributed by atoms with van der Waals surface area (Å²) in [5, 5.41) is 3.43. The van der Waals surface area contributed by atoms with Crippen LogP contribution in [0.5, 0.6) is 5.75 Å². The molecule has 2 aliphatic rings. The molecule has 0 unspecified atom stereocenters. The topological polar surface area (TPSA) is 77.5 Å². The number of guanidine groups is 1. The minimum atomic E-state index is -3.07. The Labute approximate surface area is 204 Å². The highest BCUT2D eigenvalue weighted by atomic mass is 127. The first kappa shape index (κ1) is 26.0. The molecule has 0 atom stereocenters. The van der Waals surface area contributed by atoms with Gasteiger partial charge in [0.2, 0.25) is 10.0 Å². The molecule has 176 valence electrons. The second kappa shape index (κ2) is 12.1. The number of halogens is 1. The number of aliphatic imine (C=N–C) groups is 1. The first-order chi connectivity index (χ1) is 14.4. The number of rotatable bonds is 6. The van der Waals surface area contributed by atoms with Crippen LogP contribution < -0.4 is 15.0 Å². The molecule has 1 aromatic carbocycles. The zero-order chi connectivity index (χ0) is 21.6. The molecule has 0 aliphatic carbocycles. The Morgan fingerprint density at radius 2 is 1.71 bits per heavy atom. The summed E-state index contributed by atoms with van der Waals surface area (Å²) in [6, 6.07) is 8.22. The maximum absolute atomic E-state index is 11.7. The lowest BCUT2D eigenvalue weighted by molar-refractivity contribution is 0.279. The predicted octanol–water partition coefficient (Wildman–Crippen LogP) is 2.07. The van der Waals surface area contributed by atoms with E-state index in [4.69, 9.17) is 9.73 Å². The van der Waals surface area contributed by atoms with Gasteiger partial charge in [-0.2, -0.15) is 0 Å². The number of ether oxygens (including phenoxy) is 1. The van der Waals surface area contributed by atoms with E-state index in [2.05, 4.69) is 34.2 Å². The van der Waals surface area contributed by atoms with Gasteiger partial charge in [0.1, 0.15) is 5.75 Å². The van der Waals surface area contributed by atoms with Gasteiger partial charge >= 0.3 is 0 Å². The molecular weight excluding hydrogens is 529 g/mol. The van der Waals surface area contributed by atoms with Crippen LogP contribution in [-0.4, -0.2) is 89.3 Å². The fraction of sp³-hybridized carbons (Fsp3) is 0.667. The van der Waals surface area contributed by atoms with Gasteiger partial charge in [-0.25, -0.2) is 12.7 Å². The van der Waals surface area contributed by atoms with E-state index >= 15 is 0 Å². The Hall–Kier alpha value is -1.27. The van der Waals surface area contributed by atoms with Gasteiger partial charge in [-0.1, -0.05) is 0 Å². The number of nitrogens with one attached hydrogen (secondary N) is 1. The third kappa shape index (κ3) is 7.38. The van der Waals surface area contributed by atoms with Crippen molar-refractivity contribution in [2.24, 2.45) is 10.9 Å². The maximum atomic E-state index is 11.7. The summed E-state index contributed by atoms with van der Waals surface area (Å²) in [5.74, 6) is 2.29. The molecule has 8 nitrogen and oxygen atoms in total. The lowest BCUT2D eigenvalue weighted by Gasteiger charge is -2.38. The summed E-state index contributed by atoms with van der Waals surface area (Å²) in [7, 11) is -1.39. The molecular formula is C21H36IN5O3S. The van der Waals surface area contributed by atoms with Gasteiger partial charge in [-0.15, -0.1) is 24.0 Å². The Morgan fingerprint density at radius 1 is 1.10 bits per heavy atom. The van der Waals surface area contributed by atoms with Crippen LogP contribution in [0.25, 0.3) is 0 Å². The number of hydrogen-bond acceptors (Lipinski definition) is 5. The molecule has 2 fully saturated rings. The minimum absolute atomic E-state index is 0. The van der Waals surface area contributed by atoms with E-state index in [1.54, 1.807) is 11.4 Å². The SMILES string of the molecule is CCNC(=NCC1CCN(S(C)(=O)=O)CC1)N1CCN(c2ccc(OC)cc2)CC1.I. The van der Waals surface area contributed by atoms with Gasteiger partial charge in [0, 0.05) is 58.0 Å². The molecule has 0 spiro atoms. The van der Waals surface area contributed by atoms with E-state index < -0.39 is 10.0 Å². The van der Waals surface area contributed by atoms with Gasteiger partial charge < -0.3 is 19.9 Å². The van der Waals surface area contributed by atoms with Crippen molar-refractivity contribution in [3.05, 3.63) is 24.3 Å². The van der Waals surface area contributed by atoms with Crippen LogP contribution in [-0.2, 0) is 10.0 Å². The first-order valence-electron chi connectivity index (χ1n) is 10.8. The Kier molecular flexibility index (Phi) is 10.1. The minimum Gasteiger partial charge on any atom is -0.497 e. The molecule has 0 saturated carbocycles. The Balaban J connectivity index is 0.00000341. The number of piperazine rings is 1. The normalized spacial score (nSPS) is 19.1. The number of nitrogens with zero attached hydrogens (tertiary/aromatic N) is 4. The number of piperidine rings is 1. The number of anilines is 1. The van der Waals surface area contributed by atoms with Crippen molar-refractivity contribution in [2.75, 3.05) is 70.6 Å². The Morgan fingerprint density at radius 3 is 2.23 bits per heavy atom. The van der Waals surface area contributed by atoms with E-state index in [-0.39, 0.29) is 24.0 Å². The first-order valence-corrected chi connectivity index (χ1v) is 12.6. The summed E-state index contributed by atoms with van der Waals surface area (Å²) in [5.41, 5.74) is 1.22. The van der Waals surface area contributed by atoms with Crippen LogP contribution >= 0.6 is 24.0 Å². The van der Waals surface area contributed by atoms with E-state index in [0.29, 0.717) is 19.0 Å². The van der Waals surface area contributed by atoms with Crippen LogP contribution in [0.15, 0.2) is 29.3 Å². The molecule has 1 aromatic rings. The van der Waals surface area contributed by atoms with Gasteiger partial charge in [-0.3, -0.25) is 4.99 Å². The summed E-state index contributed by atoms with van der Waals surface area (Å²) in [6.45, 7) is 8.63. The molecule has 0 bridgehead atoms. The highest BCUT2D eigenvalue weighted by molar-refractivity contribution is 14.0. The lowest BCUT2D eigenvalue weighted by atomic mass is 9.98. The molecule has 2 saturated heterocycles. The molecule has 1 N–H and O–H groups in total. The van der Waals surface area contributed by atoms with Crippen molar-refractivity contribution in [1.82, 2.24) is 14.5 Å².